The van der Waals surface area contributed by atoms with Crippen molar-refractivity contribution in [3.63, 3.8) is 0 Å². The molecule has 15 heavy (non-hydrogen) atoms. The van der Waals surface area contributed by atoms with Crippen LogP contribution in [0.2, 0.25) is 0 Å². The Kier molecular flexibility index (Phi) is 3.41. The summed E-state index contributed by atoms with van der Waals surface area (Å²) in [6.07, 6.45) is 2.27. The zero-order valence-electron chi connectivity index (χ0n) is 9.92. The molecule has 1 unspecified atom stereocenters. The van der Waals surface area contributed by atoms with Crippen molar-refractivity contribution in [3.8, 4) is 0 Å². The van der Waals surface area contributed by atoms with Crippen molar-refractivity contribution < 1.29 is 9.90 Å². The molecule has 1 aliphatic heterocycles. The highest BCUT2D eigenvalue weighted by molar-refractivity contribution is 5.86. The SMILES string of the molecule is CCCC(C)(N)C(=O)N1CC(O)(CC)C1. The van der Waals surface area contributed by atoms with Gasteiger partial charge in [0.1, 0.15) is 0 Å². The third-order valence-electron chi connectivity index (χ3n) is 3.17. The lowest BCUT2D eigenvalue weighted by molar-refractivity contribution is -0.161. The average Bonchev–Trinajstić information content (AvgIpc) is 2.11. The minimum Gasteiger partial charge on any atom is -0.386 e. The van der Waals surface area contributed by atoms with Crippen LogP contribution in [0.1, 0.15) is 40.0 Å². The van der Waals surface area contributed by atoms with Crippen molar-refractivity contribution in [1.82, 2.24) is 4.90 Å². The molecule has 3 N–H and O–H groups in total. The maximum atomic E-state index is 11.9. The van der Waals surface area contributed by atoms with Crippen molar-refractivity contribution in [3.05, 3.63) is 0 Å². The highest BCUT2D eigenvalue weighted by atomic mass is 16.3. The van der Waals surface area contributed by atoms with Gasteiger partial charge >= 0.3 is 0 Å². The Labute approximate surface area is 91.4 Å². The second kappa shape index (κ2) is 4.10. The average molecular weight is 214 g/mol. The Morgan fingerprint density at radius 2 is 2.07 bits per heavy atom. The van der Waals surface area contributed by atoms with Gasteiger partial charge in [-0.3, -0.25) is 4.79 Å². The van der Waals surface area contributed by atoms with E-state index in [9.17, 15) is 9.90 Å². The molecule has 0 aromatic carbocycles. The van der Waals surface area contributed by atoms with E-state index in [-0.39, 0.29) is 5.91 Å². The van der Waals surface area contributed by atoms with Crippen molar-refractivity contribution >= 4 is 5.91 Å². The molecule has 1 saturated heterocycles. The summed E-state index contributed by atoms with van der Waals surface area (Å²) in [6, 6.07) is 0. The van der Waals surface area contributed by atoms with Crippen LogP contribution in [0.15, 0.2) is 0 Å². The molecule has 1 atom stereocenters. The van der Waals surface area contributed by atoms with Crippen LogP contribution in [0.3, 0.4) is 0 Å². The normalized spacial score (nSPS) is 23.1. The minimum absolute atomic E-state index is 0.0394. The van der Waals surface area contributed by atoms with Crippen LogP contribution in [0.4, 0.5) is 0 Å². The van der Waals surface area contributed by atoms with Crippen LogP contribution in [-0.2, 0) is 4.79 Å². The third-order valence-corrected chi connectivity index (χ3v) is 3.17. The van der Waals surface area contributed by atoms with Crippen LogP contribution < -0.4 is 5.73 Å². The lowest BCUT2D eigenvalue weighted by Crippen LogP contribution is -2.68. The fourth-order valence-electron chi connectivity index (χ4n) is 2.02. The zero-order chi connectivity index (χ0) is 11.7. The molecule has 0 aliphatic carbocycles. The van der Waals surface area contributed by atoms with Gasteiger partial charge < -0.3 is 15.7 Å². The summed E-state index contributed by atoms with van der Waals surface area (Å²) in [6.45, 7) is 6.56. The molecule has 0 radical (unpaired) electrons. The summed E-state index contributed by atoms with van der Waals surface area (Å²) in [7, 11) is 0. The number of aliphatic hydroxyl groups is 1. The van der Waals surface area contributed by atoms with E-state index in [1.54, 1.807) is 11.8 Å². The van der Waals surface area contributed by atoms with E-state index < -0.39 is 11.1 Å². The van der Waals surface area contributed by atoms with Gasteiger partial charge in [-0.2, -0.15) is 0 Å². The van der Waals surface area contributed by atoms with E-state index in [1.165, 1.54) is 0 Å². The summed E-state index contributed by atoms with van der Waals surface area (Å²) >= 11 is 0. The van der Waals surface area contributed by atoms with Gasteiger partial charge in [-0.15, -0.1) is 0 Å². The molecular weight excluding hydrogens is 192 g/mol. The first-order valence-electron chi connectivity index (χ1n) is 5.65. The molecule has 1 amide bonds. The predicted molar refractivity (Wildman–Crippen MR) is 59.3 cm³/mol. The van der Waals surface area contributed by atoms with Gasteiger partial charge in [0.2, 0.25) is 5.91 Å². The number of amides is 1. The number of nitrogens with zero attached hydrogens (tertiary/aromatic N) is 1. The van der Waals surface area contributed by atoms with Gasteiger partial charge in [-0.05, 0) is 19.8 Å². The number of likely N-dealkylation sites (tertiary alicyclic amines) is 1. The first-order valence-corrected chi connectivity index (χ1v) is 5.65. The Bertz CT molecular complexity index is 245. The maximum Gasteiger partial charge on any atom is 0.242 e. The molecule has 0 saturated carbocycles. The minimum atomic E-state index is -0.774. The molecule has 88 valence electrons. The fraction of sp³-hybridized carbons (Fsp3) is 0.909. The summed E-state index contributed by atoms with van der Waals surface area (Å²) < 4.78 is 0. The van der Waals surface area contributed by atoms with Gasteiger partial charge in [-0.25, -0.2) is 0 Å². The second-order valence-electron chi connectivity index (χ2n) is 4.91. The van der Waals surface area contributed by atoms with Gasteiger partial charge in [0.25, 0.3) is 0 Å². The standard InChI is InChI=1S/C11H22N2O2/c1-4-6-10(3,12)9(14)13-7-11(15,5-2)8-13/h15H,4-8,12H2,1-3H3. The summed E-state index contributed by atoms with van der Waals surface area (Å²) in [5.74, 6) is -0.0394. The molecule has 4 nitrogen and oxygen atoms in total. The van der Waals surface area contributed by atoms with Crippen molar-refractivity contribution in [2.75, 3.05) is 13.1 Å². The molecule has 0 aromatic rings. The maximum absolute atomic E-state index is 11.9. The number of hydrogen-bond donors (Lipinski definition) is 2. The quantitative estimate of drug-likeness (QED) is 0.715. The summed E-state index contributed by atoms with van der Waals surface area (Å²) in [4.78, 5) is 13.6. The fourth-order valence-corrected chi connectivity index (χ4v) is 2.02. The number of β-amino-alcohol motifs (C(OH)–C–C–N with tert-alkyl or cyclic N) is 1. The van der Waals surface area contributed by atoms with E-state index in [1.807, 2.05) is 13.8 Å². The molecule has 1 rings (SSSR count). The van der Waals surface area contributed by atoms with Crippen LogP contribution in [0.25, 0.3) is 0 Å². The zero-order valence-corrected chi connectivity index (χ0v) is 9.92. The molecule has 4 heteroatoms. The summed E-state index contributed by atoms with van der Waals surface area (Å²) in [5, 5.41) is 9.80. The Hall–Kier alpha value is -0.610. The molecule has 0 spiro atoms. The number of carbonyl (C=O) groups is 1. The van der Waals surface area contributed by atoms with E-state index in [0.717, 1.165) is 6.42 Å². The van der Waals surface area contributed by atoms with Gasteiger partial charge in [-0.1, -0.05) is 20.3 Å². The number of hydrogen-bond acceptors (Lipinski definition) is 3. The Morgan fingerprint density at radius 1 is 1.53 bits per heavy atom. The number of rotatable bonds is 4. The number of nitrogens with two attached hydrogens (primary N) is 1. The van der Waals surface area contributed by atoms with Crippen molar-refractivity contribution in [1.29, 1.82) is 0 Å². The first-order chi connectivity index (χ1) is 6.84. The van der Waals surface area contributed by atoms with Crippen molar-refractivity contribution in [2.45, 2.75) is 51.2 Å². The van der Waals surface area contributed by atoms with Crippen LogP contribution in [0, 0.1) is 0 Å². The van der Waals surface area contributed by atoms with Gasteiger partial charge in [0, 0.05) is 0 Å². The first kappa shape index (κ1) is 12.5. The number of carbonyl (C=O) groups excluding carboxylic acids is 1. The highest BCUT2D eigenvalue weighted by Gasteiger charge is 2.45. The third kappa shape index (κ3) is 2.49. The second-order valence-corrected chi connectivity index (χ2v) is 4.91. The lowest BCUT2D eigenvalue weighted by atomic mass is 9.87. The van der Waals surface area contributed by atoms with E-state index in [2.05, 4.69) is 0 Å². The Balaban J connectivity index is 2.51. The van der Waals surface area contributed by atoms with E-state index >= 15 is 0 Å². The topological polar surface area (TPSA) is 66.6 Å². The van der Waals surface area contributed by atoms with Gasteiger partial charge in [0.05, 0.1) is 24.2 Å². The Morgan fingerprint density at radius 3 is 2.47 bits per heavy atom. The van der Waals surface area contributed by atoms with Gasteiger partial charge in [0.15, 0.2) is 0 Å². The van der Waals surface area contributed by atoms with Crippen LogP contribution >= 0.6 is 0 Å². The van der Waals surface area contributed by atoms with E-state index in [4.69, 9.17) is 5.73 Å². The molecule has 1 heterocycles. The largest absolute Gasteiger partial charge is 0.386 e. The molecule has 1 aliphatic rings. The van der Waals surface area contributed by atoms with Crippen LogP contribution in [0.5, 0.6) is 0 Å². The van der Waals surface area contributed by atoms with Crippen LogP contribution in [-0.4, -0.2) is 40.1 Å². The monoisotopic (exact) mass is 214 g/mol. The molecular formula is C11H22N2O2. The predicted octanol–water partition coefficient (Wildman–Crippen LogP) is 0.487. The summed E-state index contributed by atoms with van der Waals surface area (Å²) in [5.41, 5.74) is 4.50. The van der Waals surface area contributed by atoms with Crippen molar-refractivity contribution in [2.24, 2.45) is 5.73 Å². The molecule has 0 aromatic heterocycles. The smallest absolute Gasteiger partial charge is 0.242 e. The molecule has 0 bridgehead atoms. The highest BCUT2D eigenvalue weighted by Crippen LogP contribution is 2.27. The van der Waals surface area contributed by atoms with E-state index in [0.29, 0.717) is 25.9 Å². The lowest BCUT2D eigenvalue weighted by Gasteiger charge is -2.48. The molecule has 1 fully saturated rings.